The third kappa shape index (κ3) is 5.27. The number of carbonyl (C=O) groups excluding carboxylic acids is 2. The average Bonchev–Trinajstić information content (AvgIpc) is 3.42. The lowest BCUT2D eigenvalue weighted by atomic mass is 9.73. The number of likely N-dealkylation sites (tertiary alicyclic amines) is 1. The fourth-order valence-corrected chi connectivity index (χ4v) is 3.53. The zero-order valence-electron chi connectivity index (χ0n) is 14.6. The van der Waals surface area contributed by atoms with E-state index in [0.717, 1.165) is 17.7 Å². The molecule has 3 amide bonds. The van der Waals surface area contributed by atoms with Crippen LogP contribution in [0.4, 0.5) is 4.79 Å². The fraction of sp³-hybridized carbons (Fsp3) is 0.857. The van der Waals surface area contributed by atoms with E-state index < -0.39 is 28.4 Å². The predicted octanol–water partition coefficient (Wildman–Crippen LogP) is -1.30. The Morgan fingerprint density at radius 2 is 2.04 bits per heavy atom. The lowest BCUT2D eigenvalue weighted by Crippen LogP contribution is -2.62. The molecule has 1 unspecified atom stereocenters. The maximum Gasteiger partial charge on any atom is 0.418 e. The normalized spacial score (nSPS) is 25.6. The predicted molar refractivity (Wildman–Crippen MR) is 88.9 cm³/mol. The molecule has 3 fully saturated rings. The van der Waals surface area contributed by atoms with Crippen molar-refractivity contribution in [3.8, 4) is 0 Å². The van der Waals surface area contributed by atoms with Crippen LogP contribution in [0.25, 0.3) is 0 Å². The van der Waals surface area contributed by atoms with Gasteiger partial charge in [-0.25, -0.2) is 10.3 Å². The zero-order valence-corrected chi connectivity index (χ0v) is 15.4. The third-order valence-corrected chi connectivity index (χ3v) is 5.47. The molecule has 13 heteroatoms. The average molecular weight is 408 g/mol. The van der Waals surface area contributed by atoms with E-state index in [0.29, 0.717) is 32.0 Å². The number of nitrogens with zero attached hydrogens (tertiary/aromatic N) is 1. The van der Waals surface area contributed by atoms with Crippen molar-refractivity contribution in [3.05, 3.63) is 0 Å². The Bertz CT molecular complexity index is 679. The summed E-state index contributed by atoms with van der Waals surface area (Å²) in [5.74, 6) is -0.141. The van der Waals surface area contributed by atoms with E-state index in [4.69, 9.17) is 19.9 Å². The van der Waals surface area contributed by atoms with Crippen molar-refractivity contribution >= 4 is 22.3 Å². The van der Waals surface area contributed by atoms with E-state index in [2.05, 4.69) is 9.76 Å². The molecular formula is C14H24N4O8S. The monoisotopic (exact) mass is 408 g/mol. The number of urea groups is 1. The Morgan fingerprint density at radius 3 is 2.59 bits per heavy atom. The highest BCUT2D eigenvalue weighted by molar-refractivity contribution is 7.80. The second-order valence-corrected chi connectivity index (χ2v) is 8.38. The molecular weight excluding hydrogens is 384 g/mol. The van der Waals surface area contributed by atoms with Gasteiger partial charge in [0.05, 0.1) is 19.8 Å². The van der Waals surface area contributed by atoms with Crippen molar-refractivity contribution in [2.75, 3.05) is 26.4 Å². The highest BCUT2D eigenvalue weighted by Crippen LogP contribution is 2.41. The van der Waals surface area contributed by atoms with Gasteiger partial charge in [-0.05, 0) is 31.6 Å². The lowest BCUT2D eigenvalue weighted by molar-refractivity contribution is -0.162. The molecule has 1 spiro atoms. The molecule has 5 N–H and O–H groups in total. The minimum Gasteiger partial charge on any atom is -0.380 e. The molecule has 0 aromatic heterocycles. The van der Waals surface area contributed by atoms with Gasteiger partial charge in [0, 0.05) is 18.0 Å². The molecule has 154 valence electrons. The zero-order chi connectivity index (χ0) is 19.7. The van der Waals surface area contributed by atoms with E-state index in [1.807, 2.05) is 0 Å². The van der Waals surface area contributed by atoms with E-state index in [1.54, 1.807) is 5.48 Å². The number of hydrogen-bond donors (Lipinski definition) is 4. The first-order chi connectivity index (χ1) is 12.7. The first kappa shape index (κ1) is 20.2. The van der Waals surface area contributed by atoms with E-state index in [1.165, 1.54) is 0 Å². The number of rotatable bonds is 7. The molecule has 2 aliphatic heterocycles. The molecule has 0 aromatic rings. The number of nitrogens with one attached hydrogen (secondary N) is 2. The quantitative estimate of drug-likeness (QED) is 0.295. The Hall–Kier alpha value is -1.51. The number of ether oxygens (including phenoxy) is 1. The van der Waals surface area contributed by atoms with E-state index >= 15 is 0 Å². The molecule has 1 saturated carbocycles. The van der Waals surface area contributed by atoms with Gasteiger partial charge >= 0.3 is 16.4 Å². The van der Waals surface area contributed by atoms with Gasteiger partial charge in [-0.15, -0.1) is 4.28 Å². The second kappa shape index (κ2) is 7.85. The summed E-state index contributed by atoms with van der Waals surface area (Å²) in [6.45, 7) is 1.32. The Balaban J connectivity index is 1.58. The molecule has 2 heterocycles. The van der Waals surface area contributed by atoms with Gasteiger partial charge in [-0.3, -0.25) is 14.2 Å². The first-order valence-corrected chi connectivity index (χ1v) is 10.0. The lowest BCUT2D eigenvalue weighted by Gasteiger charge is -2.49. The van der Waals surface area contributed by atoms with E-state index in [-0.39, 0.29) is 24.6 Å². The summed E-state index contributed by atoms with van der Waals surface area (Å²) in [6.07, 6.45) is 3.01. The SMILES string of the molecule is NC(CONC(=O)[C@@H]1CC2(CCN1C(=O)NOS(=O)(=O)O)COC2)C1CC1. The summed E-state index contributed by atoms with van der Waals surface area (Å²) < 4.78 is 39.0. The van der Waals surface area contributed by atoms with Crippen LogP contribution < -0.4 is 16.7 Å². The van der Waals surface area contributed by atoms with Crippen LogP contribution >= 0.6 is 0 Å². The van der Waals surface area contributed by atoms with Gasteiger partial charge in [0.1, 0.15) is 6.04 Å². The molecule has 2 atom stereocenters. The maximum atomic E-state index is 12.6. The summed E-state index contributed by atoms with van der Waals surface area (Å²) in [7, 11) is -4.86. The van der Waals surface area contributed by atoms with Crippen LogP contribution in [0, 0.1) is 11.3 Å². The van der Waals surface area contributed by atoms with Crippen LogP contribution in [-0.4, -0.2) is 68.3 Å². The van der Waals surface area contributed by atoms with E-state index in [9.17, 15) is 18.0 Å². The molecule has 27 heavy (non-hydrogen) atoms. The highest BCUT2D eigenvalue weighted by atomic mass is 32.3. The smallest absolute Gasteiger partial charge is 0.380 e. The van der Waals surface area contributed by atoms with Crippen LogP contribution in [-0.2, 0) is 29.1 Å². The van der Waals surface area contributed by atoms with Gasteiger partial charge in [-0.2, -0.15) is 13.9 Å². The molecule has 0 radical (unpaired) electrons. The van der Waals surface area contributed by atoms with Gasteiger partial charge in [-0.1, -0.05) is 0 Å². The van der Waals surface area contributed by atoms with Crippen molar-refractivity contribution in [1.82, 2.24) is 15.9 Å². The van der Waals surface area contributed by atoms with Gasteiger partial charge in [0.25, 0.3) is 5.91 Å². The van der Waals surface area contributed by atoms with Crippen molar-refractivity contribution in [3.63, 3.8) is 0 Å². The minimum atomic E-state index is -4.86. The van der Waals surface area contributed by atoms with Gasteiger partial charge in [0.15, 0.2) is 0 Å². The summed E-state index contributed by atoms with van der Waals surface area (Å²) in [5, 5.41) is 0. The topological polar surface area (TPSA) is 170 Å². The number of hydroxylamine groups is 2. The van der Waals surface area contributed by atoms with Crippen LogP contribution in [0.15, 0.2) is 0 Å². The Labute approximate surface area is 156 Å². The van der Waals surface area contributed by atoms with Crippen molar-refractivity contribution < 1.29 is 36.4 Å². The summed E-state index contributed by atoms with van der Waals surface area (Å²) in [5.41, 5.74) is 9.64. The third-order valence-electron chi connectivity index (χ3n) is 5.18. The van der Waals surface area contributed by atoms with Crippen LogP contribution in [0.2, 0.25) is 0 Å². The number of amides is 3. The standard InChI is InChI=1S/C14H24N4O8S/c15-10(9-1-2-9)6-25-16-12(19)11-5-14(7-24-8-14)3-4-18(11)13(20)17-26-27(21,22)23/h9-11H,1-8,15H2,(H,16,19)(H,17,20)(H,21,22,23)/t10?,11-/m0/s1. The molecule has 3 rings (SSSR count). The van der Waals surface area contributed by atoms with Crippen molar-refractivity contribution in [2.24, 2.45) is 17.1 Å². The van der Waals surface area contributed by atoms with Crippen molar-refractivity contribution in [1.29, 1.82) is 0 Å². The number of nitrogens with two attached hydrogens (primary N) is 1. The molecule has 0 aromatic carbocycles. The largest absolute Gasteiger partial charge is 0.418 e. The maximum absolute atomic E-state index is 12.6. The molecule has 1 aliphatic carbocycles. The first-order valence-electron chi connectivity index (χ1n) is 8.67. The second-order valence-electron chi connectivity index (χ2n) is 7.35. The Morgan fingerprint density at radius 1 is 1.33 bits per heavy atom. The minimum absolute atomic E-state index is 0.161. The summed E-state index contributed by atoms with van der Waals surface area (Å²) in [6, 6.07) is -2.03. The number of piperidine rings is 1. The van der Waals surface area contributed by atoms with Crippen molar-refractivity contribution in [2.45, 2.75) is 37.8 Å². The summed E-state index contributed by atoms with van der Waals surface area (Å²) >= 11 is 0. The van der Waals surface area contributed by atoms with Crippen LogP contribution in [0.3, 0.4) is 0 Å². The fourth-order valence-electron chi connectivity index (χ4n) is 3.35. The number of carbonyl (C=O) groups is 2. The van der Waals surface area contributed by atoms with Gasteiger partial charge < -0.3 is 15.4 Å². The van der Waals surface area contributed by atoms with Crippen LogP contribution in [0.5, 0.6) is 0 Å². The molecule has 3 aliphatic rings. The van der Waals surface area contributed by atoms with Gasteiger partial charge in [0.2, 0.25) is 0 Å². The number of hydrogen-bond acceptors (Lipinski definition) is 8. The molecule has 12 nitrogen and oxygen atoms in total. The summed E-state index contributed by atoms with van der Waals surface area (Å²) in [4.78, 5) is 31.1. The van der Waals surface area contributed by atoms with Crippen LogP contribution in [0.1, 0.15) is 25.7 Å². The Kier molecular flexibility index (Phi) is 5.88. The molecule has 0 bridgehead atoms. The highest BCUT2D eigenvalue weighted by Gasteiger charge is 2.49. The molecule has 2 saturated heterocycles.